The maximum Gasteiger partial charge on any atom is 0.267 e. The molecule has 1 fully saturated rings. The summed E-state index contributed by atoms with van der Waals surface area (Å²) in [5.74, 6) is 0.678. The van der Waals surface area contributed by atoms with Crippen molar-refractivity contribution in [3.05, 3.63) is 113 Å². The van der Waals surface area contributed by atoms with Crippen LogP contribution in [0.5, 0.6) is 11.5 Å². The predicted molar refractivity (Wildman–Crippen MR) is 144 cm³/mol. The van der Waals surface area contributed by atoms with Gasteiger partial charge in [0.1, 0.15) is 28.7 Å². The fourth-order valence-electron chi connectivity index (χ4n) is 4.56. The smallest absolute Gasteiger partial charge is 0.267 e. The number of hydrogen-bond acceptors (Lipinski definition) is 7. The normalized spacial score (nSPS) is 14.8. The third-order valence-corrected chi connectivity index (χ3v) is 6.59. The van der Waals surface area contributed by atoms with Crippen LogP contribution in [-0.4, -0.2) is 38.5 Å². The van der Waals surface area contributed by atoms with E-state index in [2.05, 4.69) is 25.6 Å². The zero-order valence-electron chi connectivity index (χ0n) is 20.7. The van der Waals surface area contributed by atoms with E-state index in [-0.39, 0.29) is 11.4 Å². The average molecular weight is 523 g/mol. The highest BCUT2D eigenvalue weighted by atomic mass is 19.1. The van der Waals surface area contributed by atoms with Gasteiger partial charge in [-0.1, -0.05) is 0 Å². The molecule has 0 spiro atoms. The molecule has 4 aromatic heterocycles. The Hall–Kier alpha value is -4.96. The topological polar surface area (TPSA) is 111 Å². The minimum Gasteiger partial charge on any atom is -0.455 e. The maximum atomic E-state index is 13.3. The molecule has 0 bridgehead atoms. The quantitative estimate of drug-likeness (QED) is 0.339. The molecule has 1 unspecified atom stereocenters. The van der Waals surface area contributed by atoms with Crippen molar-refractivity contribution in [2.45, 2.75) is 12.3 Å². The van der Waals surface area contributed by atoms with E-state index in [0.29, 0.717) is 23.1 Å². The first-order valence-electron chi connectivity index (χ1n) is 12.4. The Bertz CT molecular complexity index is 1710. The first-order chi connectivity index (χ1) is 19.0. The molecule has 1 aliphatic heterocycles. The standard InChI is InChI=1S/C29H23FN6O3/c30-19-3-5-20(6-4-19)36-13-1-2-22(29(36)38)28(37)35-27-8-7-21(16-34-27)39-26-10-12-32-25-17-33-24(14-23(25)26)18-9-11-31-15-18/h1-8,10,12-14,16-18,31H,9,11,15H2,(H,34,35,37). The lowest BCUT2D eigenvalue weighted by Gasteiger charge is -2.12. The molecule has 1 aliphatic rings. The van der Waals surface area contributed by atoms with Crippen molar-refractivity contribution in [3.63, 3.8) is 0 Å². The van der Waals surface area contributed by atoms with Crippen LogP contribution in [0, 0.1) is 5.82 Å². The van der Waals surface area contributed by atoms with Crippen LogP contribution < -0.4 is 20.9 Å². The van der Waals surface area contributed by atoms with E-state index in [9.17, 15) is 14.0 Å². The number of rotatable bonds is 6. The van der Waals surface area contributed by atoms with E-state index >= 15 is 0 Å². The summed E-state index contributed by atoms with van der Waals surface area (Å²) >= 11 is 0. The first-order valence-corrected chi connectivity index (χ1v) is 12.4. The number of carbonyl (C=O) groups is 1. The summed E-state index contributed by atoms with van der Waals surface area (Å²) in [6.07, 6.45) is 7.47. The second kappa shape index (κ2) is 10.4. The van der Waals surface area contributed by atoms with Crippen LogP contribution in [0.1, 0.15) is 28.4 Å². The van der Waals surface area contributed by atoms with Gasteiger partial charge in [0.05, 0.1) is 17.9 Å². The second-order valence-electron chi connectivity index (χ2n) is 9.13. The summed E-state index contributed by atoms with van der Waals surface area (Å²) in [7, 11) is 0. The van der Waals surface area contributed by atoms with E-state index in [4.69, 9.17) is 4.74 Å². The summed E-state index contributed by atoms with van der Waals surface area (Å²) in [5, 5.41) is 6.86. The van der Waals surface area contributed by atoms with Crippen LogP contribution in [0.3, 0.4) is 0 Å². The molecule has 1 saturated heterocycles. The first kappa shape index (κ1) is 24.4. The Morgan fingerprint density at radius 3 is 2.69 bits per heavy atom. The fraction of sp³-hybridized carbons (Fsp3) is 0.138. The summed E-state index contributed by atoms with van der Waals surface area (Å²) in [4.78, 5) is 39.0. The van der Waals surface area contributed by atoms with Crippen molar-refractivity contribution in [1.82, 2.24) is 24.8 Å². The minimum absolute atomic E-state index is 0.0749. The Kier molecular flexibility index (Phi) is 6.52. The molecule has 0 aliphatic carbocycles. The molecule has 10 heteroatoms. The number of ether oxygens (including phenoxy) is 1. The third-order valence-electron chi connectivity index (χ3n) is 6.59. The molecule has 1 aromatic carbocycles. The van der Waals surface area contributed by atoms with E-state index in [1.54, 1.807) is 36.7 Å². The number of fused-ring (bicyclic) bond motifs is 1. The number of hydrogen-bond donors (Lipinski definition) is 2. The SMILES string of the molecule is O=C(Nc1ccc(Oc2ccnc3cnc(C4CCNC4)cc23)cn1)c1cccn(-c2ccc(F)cc2)c1=O. The van der Waals surface area contributed by atoms with Crippen LogP contribution >= 0.6 is 0 Å². The van der Waals surface area contributed by atoms with E-state index in [1.807, 2.05) is 6.07 Å². The highest BCUT2D eigenvalue weighted by Gasteiger charge is 2.19. The molecular formula is C29H23FN6O3. The van der Waals surface area contributed by atoms with Gasteiger partial charge in [-0.15, -0.1) is 0 Å². The van der Waals surface area contributed by atoms with Crippen molar-refractivity contribution in [2.75, 3.05) is 18.4 Å². The molecule has 9 nitrogen and oxygen atoms in total. The molecule has 1 atom stereocenters. The third kappa shape index (κ3) is 5.10. The van der Waals surface area contributed by atoms with Crippen molar-refractivity contribution < 1.29 is 13.9 Å². The predicted octanol–water partition coefficient (Wildman–Crippen LogP) is 4.44. The number of nitrogens with zero attached hydrogens (tertiary/aromatic N) is 4. The van der Waals surface area contributed by atoms with E-state index < -0.39 is 17.3 Å². The summed E-state index contributed by atoms with van der Waals surface area (Å²) in [6, 6.07) is 15.5. The summed E-state index contributed by atoms with van der Waals surface area (Å²) in [5.41, 5.74) is 1.57. The van der Waals surface area contributed by atoms with Gasteiger partial charge < -0.3 is 15.4 Å². The number of nitrogens with one attached hydrogen (secondary N) is 2. The number of amides is 1. The Balaban J connectivity index is 1.19. The molecule has 194 valence electrons. The number of halogens is 1. The molecule has 0 saturated carbocycles. The largest absolute Gasteiger partial charge is 0.455 e. The fourth-order valence-corrected chi connectivity index (χ4v) is 4.56. The lowest BCUT2D eigenvalue weighted by molar-refractivity contribution is 0.102. The maximum absolute atomic E-state index is 13.3. The molecule has 0 radical (unpaired) electrons. The number of aromatic nitrogens is 4. The van der Waals surface area contributed by atoms with Crippen LogP contribution in [0.25, 0.3) is 16.6 Å². The Morgan fingerprint density at radius 1 is 1.05 bits per heavy atom. The highest BCUT2D eigenvalue weighted by Crippen LogP contribution is 2.31. The van der Waals surface area contributed by atoms with Gasteiger partial charge in [0.15, 0.2) is 0 Å². The van der Waals surface area contributed by atoms with Gasteiger partial charge in [0.2, 0.25) is 0 Å². The molecule has 2 N–H and O–H groups in total. The lowest BCUT2D eigenvalue weighted by Crippen LogP contribution is -2.28. The zero-order valence-corrected chi connectivity index (χ0v) is 20.7. The Labute approximate surface area is 222 Å². The average Bonchev–Trinajstić information content (AvgIpc) is 3.50. The van der Waals surface area contributed by atoms with Crippen molar-refractivity contribution in [1.29, 1.82) is 0 Å². The summed E-state index contributed by atoms with van der Waals surface area (Å²) in [6.45, 7) is 1.87. The van der Waals surface area contributed by atoms with Gasteiger partial charge in [0, 0.05) is 41.6 Å². The number of pyridine rings is 4. The highest BCUT2D eigenvalue weighted by molar-refractivity contribution is 6.03. The van der Waals surface area contributed by atoms with Crippen LogP contribution in [0.2, 0.25) is 0 Å². The molecule has 5 heterocycles. The van der Waals surface area contributed by atoms with Crippen molar-refractivity contribution in [3.8, 4) is 17.2 Å². The molecule has 5 aromatic rings. The number of carbonyl (C=O) groups excluding carboxylic acids is 1. The van der Waals surface area contributed by atoms with Crippen molar-refractivity contribution >= 4 is 22.6 Å². The van der Waals surface area contributed by atoms with Gasteiger partial charge in [-0.2, -0.15) is 0 Å². The summed E-state index contributed by atoms with van der Waals surface area (Å²) < 4.78 is 20.7. The van der Waals surface area contributed by atoms with E-state index in [0.717, 1.165) is 36.1 Å². The van der Waals surface area contributed by atoms with E-state index in [1.165, 1.54) is 47.3 Å². The van der Waals surface area contributed by atoms with Gasteiger partial charge in [0.25, 0.3) is 11.5 Å². The van der Waals surface area contributed by atoms with Gasteiger partial charge in [-0.3, -0.25) is 24.1 Å². The zero-order chi connectivity index (χ0) is 26.8. The lowest BCUT2D eigenvalue weighted by atomic mass is 10.0. The Morgan fingerprint density at radius 2 is 1.92 bits per heavy atom. The molecule has 39 heavy (non-hydrogen) atoms. The van der Waals surface area contributed by atoms with Gasteiger partial charge in [-0.25, -0.2) is 9.37 Å². The van der Waals surface area contributed by atoms with Gasteiger partial charge >= 0.3 is 0 Å². The number of benzene rings is 1. The van der Waals surface area contributed by atoms with Crippen LogP contribution in [0.4, 0.5) is 10.2 Å². The van der Waals surface area contributed by atoms with Crippen LogP contribution in [-0.2, 0) is 0 Å². The van der Waals surface area contributed by atoms with Crippen LogP contribution in [0.15, 0.2) is 90.2 Å². The second-order valence-corrected chi connectivity index (χ2v) is 9.13. The molecular weight excluding hydrogens is 499 g/mol. The number of anilines is 1. The molecule has 6 rings (SSSR count). The molecule has 1 amide bonds. The van der Waals surface area contributed by atoms with Crippen molar-refractivity contribution in [2.24, 2.45) is 0 Å². The monoisotopic (exact) mass is 522 g/mol. The van der Waals surface area contributed by atoms with Gasteiger partial charge in [-0.05, 0) is 73.6 Å². The minimum atomic E-state index is -0.612.